The Kier molecular flexibility index (Phi) is 7.00. The topological polar surface area (TPSA) is 44.8 Å². The van der Waals surface area contributed by atoms with E-state index >= 15 is 0 Å². The van der Waals surface area contributed by atoms with Crippen molar-refractivity contribution >= 4 is 11.6 Å². The number of amides is 1. The molecular weight excluding hydrogens is 441 g/mol. The summed E-state index contributed by atoms with van der Waals surface area (Å²) in [6.45, 7) is 3.87. The lowest BCUT2D eigenvalue weighted by Gasteiger charge is -2.49. The molecule has 2 unspecified atom stereocenters. The number of hydrogen-bond acceptors (Lipinski definition) is 4. The number of carbonyl (C=O) groups is 1. The Labute approximate surface area is 206 Å². The fourth-order valence-corrected chi connectivity index (χ4v) is 5.36. The molecule has 0 aliphatic carbocycles. The lowest BCUT2D eigenvalue weighted by Crippen LogP contribution is -2.61. The highest BCUT2D eigenvalue weighted by Gasteiger charge is 2.41. The predicted octanol–water partition coefficient (Wildman–Crippen LogP) is 4.06. The Morgan fingerprint density at radius 1 is 1.03 bits per heavy atom. The van der Waals surface area contributed by atoms with Crippen LogP contribution in [0.5, 0.6) is 5.75 Å². The smallest absolute Gasteiger partial charge is 0.225 e. The average molecular weight is 474 g/mol. The second-order valence-electron chi connectivity index (χ2n) is 9.45. The Bertz CT molecular complexity index is 1150. The molecule has 2 heterocycles. The number of ether oxygens (including phenoxy) is 1. The minimum Gasteiger partial charge on any atom is -0.497 e. The average Bonchev–Trinajstić information content (AvgIpc) is 2.89. The minimum absolute atomic E-state index is 0.0699. The maximum Gasteiger partial charge on any atom is 0.225 e. The van der Waals surface area contributed by atoms with Crippen molar-refractivity contribution in [3.05, 3.63) is 95.3 Å². The number of fused-ring (bicyclic) bond motifs is 3. The van der Waals surface area contributed by atoms with Gasteiger partial charge in [-0.25, -0.2) is 4.39 Å². The SMILES string of the molecule is COc1ccc2c(c1)N1CCN(Cc3ccc(F)cc3)CC1C(C(=O)NCCc1ccccc1)C2. The van der Waals surface area contributed by atoms with Crippen molar-refractivity contribution in [2.24, 2.45) is 5.92 Å². The van der Waals surface area contributed by atoms with Crippen molar-refractivity contribution in [3.8, 4) is 5.75 Å². The van der Waals surface area contributed by atoms with Crippen LogP contribution < -0.4 is 15.0 Å². The fraction of sp³-hybridized carbons (Fsp3) is 0.345. The number of methoxy groups -OCH3 is 1. The Hall–Kier alpha value is -3.38. The van der Waals surface area contributed by atoms with Gasteiger partial charge in [0.15, 0.2) is 0 Å². The van der Waals surface area contributed by atoms with Gasteiger partial charge in [0, 0.05) is 44.5 Å². The summed E-state index contributed by atoms with van der Waals surface area (Å²) in [5.41, 5.74) is 4.67. The van der Waals surface area contributed by atoms with E-state index < -0.39 is 0 Å². The van der Waals surface area contributed by atoms with Crippen molar-refractivity contribution in [2.45, 2.75) is 25.4 Å². The Morgan fingerprint density at radius 2 is 1.83 bits per heavy atom. The highest BCUT2D eigenvalue weighted by molar-refractivity contribution is 5.82. The van der Waals surface area contributed by atoms with Crippen LogP contribution >= 0.6 is 0 Å². The Balaban J connectivity index is 1.33. The van der Waals surface area contributed by atoms with Crippen LogP contribution in [0.1, 0.15) is 16.7 Å². The summed E-state index contributed by atoms with van der Waals surface area (Å²) in [5, 5.41) is 3.21. The van der Waals surface area contributed by atoms with Crippen LogP contribution in [0.2, 0.25) is 0 Å². The number of piperazine rings is 1. The number of hydrogen-bond donors (Lipinski definition) is 1. The second kappa shape index (κ2) is 10.5. The minimum atomic E-state index is -0.219. The number of carbonyl (C=O) groups excluding carboxylic acids is 1. The van der Waals surface area contributed by atoms with E-state index in [0.717, 1.165) is 43.9 Å². The second-order valence-corrected chi connectivity index (χ2v) is 9.45. The molecule has 0 aromatic heterocycles. The molecule has 5 nitrogen and oxygen atoms in total. The third-order valence-corrected chi connectivity index (χ3v) is 7.22. The summed E-state index contributed by atoms with van der Waals surface area (Å²) in [6.07, 6.45) is 1.53. The number of anilines is 1. The van der Waals surface area contributed by atoms with Crippen molar-refractivity contribution in [3.63, 3.8) is 0 Å². The molecule has 2 aliphatic rings. The molecule has 0 saturated carbocycles. The summed E-state index contributed by atoms with van der Waals surface area (Å²) in [4.78, 5) is 18.2. The van der Waals surface area contributed by atoms with Crippen LogP contribution in [-0.4, -0.2) is 50.1 Å². The monoisotopic (exact) mass is 473 g/mol. The van der Waals surface area contributed by atoms with Crippen molar-refractivity contribution in [1.29, 1.82) is 0 Å². The number of benzene rings is 3. The maximum absolute atomic E-state index is 13.5. The lowest BCUT2D eigenvalue weighted by atomic mass is 9.83. The van der Waals surface area contributed by atoms with Crippen LogP contribution in [0.25, 0.3) is 0 Å². The van der Waals surface area contributed by atoms with E-state index in [4.69, 9.17) is 4.74 Å². The third kappa shape index (κ3) is 5.33. The van der Waals surface area contributed by atoms with Gasteiger partial charge < -0.3 is 15.0 Å². The number of halogens is 1. The molecule has 182 valence electrons. The van der Waals surface area contributed by atoms with Crippen LogP contribution in [-0.2, 0) is 24.2 Å². The zero-order valence-electron chi connectivity index (χ0n) is 20.1. The first-order valence-corrected chi connectivity index (χ1v) is 12.3. The molecule has 6 heteroatoms. The number of rotatable bonds is 7. The highest BCUT2D eigenvalue weighted by Crippen LogP contribution is 2.38. The molecule has 2 atom stereocenters. The van der Waals surface area contributed by atoms with Crippen molar-refractivity contribution in [2.75, 3.05) is 38.2 Å². The fourth-order valence-electron chi connectivity index (χ4n) is 5.36. The van der Waals surface area contributed by atoms with Gasteiger partial charge in [-0.05, 0) is 47.7 Å². The summed E-state index contributed by atoms with van der Waals surface area (Å²) < 4.78 is 18.9. The van der Waals surface area contributed by atoms with E-state index in [-0.39, 0.29) is 23.7 Å². The van der Waals surface area contributed by atoms with Crippen LogP contribution in [0.3, 0.4) is 0 Å². The molecular formula is C29H32FN3O2. The molecule has 0 radical (unpaired) electrons. The largest absolute Gasteiger partial charge is 0.497 e. The standard InChI is InChI=1S/C29H32FN3O2/c1-35-25-12-9-23-17-26(29(34)31-14-13-21-5-3-2-4-6-21)28-20-32(15-16-33(28)27(23)18-25)19-22-7-10-24(30)11-8-22/h2-12,18,26,28H,13-17,19-20H2,1H3,(H,31,34). The van der Waals surface area contributed by atoms with E-state index in [1.54, 1.807) is 7.11 Å². The molecule has 1 fully saturated rings. The van der Waals surface area contributed by atoms with E-state index in [0.29, 0.717) is 13.0 Å². The van der Waals surface area contributed by atoms with Gasteiger partial charge in [-0.1, -0.05) is 48.5 Å². The van der Waals surface area contributed by atoms with Crippen molar-refractivity contribution < 1.29 is 13.9 Å². The van der Waals surface area contributed by atoms with E-state index in [1.807, 2.05) is 36.4 Å². The first-order chi connectivity index (χ1) is 17.1. The van der Waals surface area contributed by atoms with E-state index in [9.17, 15) is 9.18 Å². The molecule has 5 rings (SSSR count). The van der Waals surface area contributed by atoms with Crippen LogP contribution in [0, 0.1) is 11.7 Å². The van der Waals surface area contributed by atoms with E-state index in [1.165, 1.54) is 28.9 Å². The molecule has 1 amide bonds. The van der Waals surface area contributed by atoms with Gasteiger partial charge >= 0.3 is 0 Å². The van der Waals surface area contributed by atoms with Gasteiger partial charge in [0.25, 0.3) is 0 Å². The zero-order valence-corrected chi connectivity index (χ0v) is 20.1. The summed E-state index contributed by atoms with van der Waals surface area (Å²) in [7, 11) is 1.69. The van der Waals surface area contributed by atoms with Gasteiger partial charge in [0.1, 0.15) is 11.6 Å². The quantitative estimate of drug-likeness (QED) is 0.562. The van der Waals surface area contributed by atoms with Crippen LogP contribution in [0.4, 0.5) is 10.1 Å². The molecule has 0 spiro atoms. The molecule has 1 N–H and O–H groups in total. The first-order valence-electron chi connectivity index (χ1n) is 12.3. The highest BCUT2D eigenvalue weighted by atomic mass is 19.1. The lowest BCUT2D eigenvalue weighted by molar-refractivity contribution is -0.126. The summed E-state index contributed by atoms with van der Waals surface area (Å²) >= 11 is 0. The molecule has 0 bridgehead atoms. The Morgan fingerprint density at radius 3 is 2.60 bits per heavy atom. The van der Waals surface area contributed by atoms with Gasteiger partial charge in [0.05, 0.1) is 19.1 Å². The van der Waals surface area contributed by atoms with Gasteiger partial charge in [-0.2, -0.15) is 0 Å². The third-order valence-electron chi connectivity index (χ3n) is 7.22. The molecule has 3 aromatic carbocycles. The van der Waals surface area contributed by atoms with Gasteiger partial charge in [0.2, 0.25) is 5.91 Å². The number of nitrogens with zero attached hydrogens (tertiary/aromatic N) is 2. The molecule has 2 aliphatic heterocycles. The molecule has 35 heavy (non-hydrogen) atoms. The molecule has 1 saturated heterocycles. The van der Waals surface area contributed by atoms with Gasteiger partial charge in [-0.3, -0.25) is 9.69 Å². The van der Waals surface area contributed by atoms with E-state index in [2.05, 4.69) is 39.4 Å². The maximum atomic E-state index is 13.5. The summed E-state index contributed by atoms with van der Waals surface area (Å²) in [6, 6.07) is 23.2. The van der Waals surface area contributed by atoms with Gasteiger partial charge in [-0.15, -0.1) is 0 Å². The molecule has 3 aromatic rings. The summed E-state index contributed by atoms with van der Waals surface area (Å²) in [5.74, 6) is 0.592. The predicted molar refractivity (Wildman–Crippen MR) is 136 cm³/mol. The number of nitrogens with one attached hydrogen (secondary N) is 1. The van der Waals surface area contributed by atoms with Crippen molar-refractivity contribution in [1.82, 2.24) is 10.2 Å². The zero-order chi connectivity index (χ0) is 24.2. The normalized spacial score (nSPS) is 19.5. The first kappa shape index (κ1) is 23.4. The van der Waals surface area contributed by atoms with Crippen LogP contribution in [0.15, 0.2) is 72.8 Å².